The van der Waals surface area contributed by atoms with Gasteiger partial charge in [-0.2, -0.15) is 0 Å². The Kier molecular flexibility index (Phi) is 7.34. The lowest BCUT2D eigenvalue weighted by Gasteiger charge is -2.13. The molecule has 1 aromatic rings. The molecule has 0 aliphatic carbocycles. The second-order valence-corrected chi connectivity index (χ2v) is 5.09. The summed E-state index contributed by atoms with van der Waals surface area (Å²) in [4.78, 5) is 0. The fraction of sp³-hybridized carbons (Fsp3) is 0.625. The summed E-state index contributed by atoms with van der Waals surface area (Å²) in [7, 11) is 0. The summed E-state index contributed by atoms with van der Waals surface area (Å²) in [5, 5.41) is 3.44. The van der Waals surface area contributed by atoms with E-state index >= 15 is 0 Å². The Morgan fingerprint density at radius 1 is 1.11 bits per heavy atom. The van der Waals surface area contributed by atoms with Gasteiger partial charge in [-0.05, 0) is 43.5 Å². The largest absolute Gasteiger partial charge is 0.490 e. The molecule has 0 heterocycles. The molecular weight excluding hydrogens is 238 g/mol. The topological polar surface area (TPSA) is 30.5 Å². The zero-order valence-electron chi connectivity index (χ0n) is 12.7. The van der Waals surface area contributed by atoms with E-state index in [1.807, 2.05) is 13.0 Å². The van der Waals surface area contributed by atoms with Crippen LogP contribution in [0.5, 0.6) is 11.5 Å². The van der Waals surface area contributed by atoms with E-state index in [0.29, 0.717) is 12.5 Å². The minimum absolute atomic E-state index is 0.658. The van der Waals surface area contributed by atoms with Crippen LogP contribution in [0.15, 0.2) is 18.2 Å². The molecule has 0 amide bonds. The third-order valence-corrected chi connectivity index (χ3v) is 2.65. The molecule has 0 saturated heterocycles. The highest BCUT2D eigenvalue weighted by molar-refractivity contribution is 5.43. The Balaban J connectivity index is 2.65. The van der Waals surface area contributed by atoms with E-state index in [1.165, 1.54) is 5.56 Å². The van der Waals surface area contributed by atoms with Crippen molar-refractivity contribution in [2.45, 2.75) is 40.7 Å². The molecule has 0 radical (unpaired) electrons. The molecule has 3 heteroatoms. The number of hydrogen-bond donors (Lipinski definition) is 1. The highest BCUT2D eigenvalue weighted by Gasteiger charge is 2.06. The molecule has 3 nitrogen and oxygen atoms in total. The van der Waals surface area contributed by atoms with E-state index in [0.717, 1.165) is 37.6 Å². The summed E-state index contributed by atoms with van der Waals surface area (Å²) in [6, 6.07) is 6.18. The normalized spacial score (nSPS) is 10.8. The highest BCUT2D eigenvalue weighted by atomic mass is 16.5. The summed E-state index contributed by atoms with van der Waals surface area (Å²) < 4.78 is 11.3. The van der Waals surface area contributed by atoms with Crippen molar-refractivity contribution in [3.05, 3.63) is 23.8 Å². The van der Waals surface area contributed by atoms with Crippen LogP contribution in [0.2, 0.25) is 0 Å². The van der Waals surface area contributed by atoms with Crippen LogP contribution in [0, 0.1) is 5.92 Å². The van der Waals surface area contributed by atoms with E-state index < -0.39 is 0 Å². The average molecular weight is 265 g/mol. The predicted molar refractivity (Wildman–Crippen MR) is 79.9 cm³/mol. The molecule has 0 atom stereocenters. The summed E-state index contributed by atoms with van der Waals surface area (Å²) in [5.41, 5.74) is 1.23. The van der Waals surface area contributed by atoms with Gasteiger partial charge in [-0.3, -0.25) is 0 Å². The monoisotopic (exact) mass is 265 g/mol. The van der Waals surface area contributed by atoms with Gasteiger partial charge in [-0.1, -0.05) is 26.8 Å². The second kappa shape index (κ2) is 8.81. The molecule has 0 unspecified atom stereocenters. The molecule has 19 heavy (non-hydrogen) atoms. The molecule has 0 aromatic heterocycles. The zero-order valence-corrected chi connectivity index (χ0v) is 12.7. The molecule has 0 aliphatic heterocycles. The van der Waals surface area contributed by atoms with Crippen molar-refractivity contribution in [3.63, 3.8) is 0 Å². The van der Waals surface area contributed by atoms with Crippen LogP contribution in [0.3, 0.4) is 0 Å². The number of rotatable bonds is 9. The smallest absolute Gasteiger partial charge is 0.161 e. The minimum Gasteiger partial charge on any atom is -0.490 e. The van der Waals surface area contributed by atoms with Crippen molar-refractivity contribution in [3.8, 4) is 11.5 Å². The fourth-order valence-corrected chi connectivity index (χ4v) is 1.77. The molecule has 1 N–H and O–H groups in total. The van der Waals surface area contributed by atoms with Crippen molar-refractivity contribution >= 4 is 0 Å². The molecular formula is C16H27NO2. The van der Waals surface area contributed by atoms with Crippen LogP contribution < -0.4 is 14.8 Å². The molecule has 0 bridgehead atoms. The maximum absolute atomic E-state index is 5.69. The first-order chi connectivity index (χ1) is 9.17. The van der Waals surface area contributed by atoms with E-state index in [2.05, 4.69) is 38.2 Å². The van der Waals surface area contributed by atoms with Gasteiger partial charge >= 0.3 is 0 Å². The van der Waals surface area contributed by atoms with Crippen molar-refractivity contribution in [1.82, 2.24) is 5.32 Å². The highest BCUT2D eigenvalue weighted by Crippen LogP contribution is 2.28. The molecule has 1 aromatic carbocycles. The van der Waals surface area contributed by atoms with Crippen LogP contribution in [0.25, 0.3) is 0 Å². The maximum Gasteiger partial charge on any atom is 0.161 e. The van der Waals surface area contributed by atoms with Gasteiger partial charge in [0.25, 0.3) is 0 Å². The Labute approximate surface area is 117 Å². The first-order valence-electron chi connectivity index (χ1n) is 7.26. The molecule has 0 saturated carbocycles. The van der Waals surface area contributed by atoms with Crippen LogP contribution >= 0.6 is 0 Å². The third-order valence-electron chi connectivity index (χ3n) is 2.65. The molecule has 0 aliphatic rings. The fourth-order valence-electron chi connectivity index (χ4n) is 1.77. The van der Waals surface area contributed by atoms with Gasteiger partial charge in [0.1, 0.15) is 0 Å². The van der Waals surface area contributed by atoms with E-state index in [4.69, 9.17) is 9.47 Å². The Morgan fingerprint density at radius 2 is 1.89 bits per heavy atom. The van der Waals surface area contributed by atoms with Gasteiger partial charge in [0, 0.05) is 6.54 Å². The molecule has 108 valence electrons. The number of hydrogen-bond acceptors (Lipinski definition) is 3. The Morgan fingerprint density at radius 3 is 2.53 bits per heavy atom. The van der Waals surface area contributed by atoms with Gasteiger partial charge in [0.05, 0.1) is 13.2 Å². The lowest BCUT2D eigenvalue weighted by atomic mass is 10.2. The first-order valence-corrected chi connectivity index (χ1v) is 7.26. The van der Waals surface area contributed by atoms with Gasteiger partial charge in [0.15, 0.2) is 11.5 Å². The SMILES string of the molecule is CCCOc1ccc(CNCC(C)C)cc1OCC. The third kappa shape index (κ3) is 5.97. The van der Waals surface area contributed by atoms with Gasteiger partial charge in [-0.25, -0.2) is 0 Å². The average Bonchev–Trinajstić information content (AvgIpc) is 2.38. The Hall–Kier alpha value is -1.22. The van der Waals surface area contributed by atoms with Crippen LogP contribution in [-0.2, 0) is 6.54 Å². The van der Waals surface area contributed by atoms with Crippen molar-refractivity contribution in [1.29, 1.82) is 0 Å². The van der Waals surface area contributed by atoms with Crippen molar-refractivity contribution < 1.29 is 9.47 Å². The van der Waals surface area contributed by atoms with E-state index in [-0.39, 0.29) is 0 Å². The minimum atomic E-state index is 0.658. The number of ether oxygens (including phenoxy) is 2. The van der Waals surface area contributed by atoms with Crippen molar-refractivity contribution in [2.75, 3.05) is 19.8 Å². The molecule has 0 spiro atoms. The first kappa shape index (κ1) is 15.8. The molecule has 0 fully saturated rings. The van der Waals surface area contributed by atoms with Crippen LogP contribution in [-0.4, -0.2) is 19.8 Å². The summed E-state index contributed by atoms with van der Waals surface area (Å²) >= 11 is 0. The summed E-state index contributed by atoms with van der Waals surface area (Å²) in [5.74, 6) is 2.36. The van der Waals surface area contributed by atoms with Gasteiger partial charge in [0.2, 0.25) is 0 Å². The summed E-state index contributed by atoms with van der Waals surface area (Å²) in [6.07, 6.45) is 1.00. The van der Waals surface area contributed by atoms with E-state index in [9.17, 15) is 0 Å². The van der Waals surface area contributed by atoms with E-state index in [1.54, 1.807) is 0 Å². The predicted octanol–water partition coefficient (Wildman–Crippen LogP) is 3.62. The lowest BCUT2D eigenvalue weighted by Crippen LogP contribution is -2.19. The second-order valence-electron chi connectivity index (χ2n) is 5.09. The number of benzene rings is 1. The van der Waals surface area contributed by atoms with Crippen LogP contribution in [0.4, 0.5) is 0 Å². The summed E-state index contributed by atoms with van der Waals surface area (Å²) in [6.45, 7) is 11.8. The number of nitrogens with one attached hydrogen (secondary N) is 1. The zero-order chi connectivity index (χ0) is 14.1. The Bertz CT molecular complexity index is 364. The lowest BCUT2D eigenvalue weighted by molar-refractivity contribution is 0.276. The standard InChI is InChI=1S/C16H27NO2/c1-5-9-19-15-8-7-14(10-16(15)18-6-2)12-17-11-13(3)4/h7-8,10,13,17H,5-6,9,11-12H2,1-4H3. The maximum atomic E-state index is 5.69. The van der Waals surface area contributed by atoms with Gasteiger partial charge < -0.3 is 14.8 Å². The van der Waals surface area contributed by atoms with Gasteiger partial charge in [-0.15, -0.1) is 0 Å². The van der Waals surface area contributed by atoms with Crippen LogP contribution in [0.1, 0.15) is 39.7 Å². The quantitative estimate of drug-likeness (QED) is 0.739. The van der Waals surface area contributed by atoms with Crippen molar-refractivity contribution in [2.24, 2.45) is 5.92 Å². The molecule has 1 rings (SSSR count).